The van der Waals surface area contributed by atoms with Gasteiger partial charge in [-0.2, -0.15) is 0 Å². The summed E-state index contributed by atoms with van der Waals surface area (Å²) in [6.45, 7) is 0.887. The van der Waals surface area contributed by atoms with Crippen molar-refractivity contribution in [3.8, 4) is 0 Å². The van der Waals surface area contributed by atoms with Gasteiger partial charge in [0.05, 0.1) is 30.2 Å². The van der Waals surface area contributed by atoms with Crippen molar-refractivity contribution in [1.29, 1.82) is 0 Å². The maximum atomic E-state index is 12.3. The Morgan fingerprint density at radius 1 is 1.25 bits per heavy atom. The molecule has 1 aliphatic rings. The highest BCUT2D eigenvalue weighted by Crippen LogP contribution is 2.35. The number of aromatic nitrogens is 1. The van der Waals surface area contributed by atoms with Crippen LogP contribution in [0.3, 0.4) is 0 Å². The summed E-state index contributed by atoms with van der Waals surface area (Å²) in [6, 6.07) is 11.7. The molecule has 0 aliphatic carbocycles. The summed E-state index contributed by atoms with van der Waals surface area (Å²) in [5, 5.41) is 0. The van der Waals surface area contributed by atoms with Crippen LogP contribution in [-0.4, -0.2) is 24.5 Å². The van der Waals surface area contributed by atoms with E-state index in [1.807, 2.05) is 48.3 Å². The summed E-state index contributed by atoms with van der Waals surface area (Å²) in [6.07, 6.45) is 1.75. The van der Waals surface area contributed by atoms with Gasteiger partial charge in [-0.25, -0.2) is 0 Å². The minimum absolute atomic E-state index is 0.0868. The predicted molar refractivity (Wildman–Crippen MR) is 82.8 cm³/mol. The second-order valence-electron chi connectivity index (χ2n) is 4.79. The molecule has 3 rings (SSSR count). The quantitative estimate of drug-likeness (QED) is 0.849. The van der Waals surface area contributed by atoms with Crippen molar-refractivity contribution in [2.24, 2.45) is 0 Å². The molecule has 0 saturated carbocycles. The molecule has 0 bridgehead atoms. The molecule has 0 unspecified atom stereocenters. The SMILES string of the molecule is CN1CC(=O)N(Cc2ccccn2)c2cc(Br)ccc21. The molecule has 0 spiro atoms. The second kappa shape index (κ2) is 5.25. The first-order valence-electron chi connectivity index (χ1n) is 6.36. The average molecular weight is 332 g/mol. The van der Waals surface area contributed by atoms with Crippen LogP contribution in [0.2, 0.25) is 0 Å². The van der Waals surface area contributed by atoms with Crippen molar-refractivity contribution in [3.05, 3.63) is 52.8 Å². The van der Waals surface area contributed by atoms with E-state index in [4.69, 9.17) is 0 Å². The van der Waals surface area contributed by atoms with E-state index < -0.39 is 0 Å². The van der Waals surface area contributed by atoms with E-state index in [0.29, 0.717) is 13.1 Å². The number of benzene rings is 1. The van der Waals surface area contributed by atoms with Crippen LogP contribution >= 0.6 is 15.9 Å². The molecule has 2 aromatic rings. The minimum atomic E-state index is 0.0868. The number of hydrogen-bond donors (Lipinski definition) is 0. The van der Waals surface area contributed by atoms with E-state index in [1.54, 1.807) is 11.1 Å². The second-order valence-corrected chi connectivity index (χ2v) is 5.71. The van der Waals surface area contributed by atoms with Crippen LogP contribution in [0.4, 0.5) is 11.4 Å². The van der Waals surface area contributed by atoms with Gasteiger partial charge < -0.3 is 9.80 Å². The van der Waals surface area contributed by atoms with Crippen LogP contribution < -0.4 is 9.80 Å². The van der Waals surface area contributed by atoms with E-state index in [1.165, 1.54) is 0 Å². The fourth-order valence-electron chi connectivity index (χ4n) is 2.37. The molecule has 0 saturated heterocycles. The van der Waals surface area contributed by atoms with Crippen molar-refractivity contribution in [1.82, 2.24) is 4.98 Å². The summed E-state index contributed by atoms with van der Waals surface area (Å²) >= 11 is 3.47. The first-order valence-corrected chi connectivity index (χ1v) is 7.15. The molecule has 2 heterocycles. The number of nitrogens with zero attached hydrogens (tertiary/aromatic N) is 3. The number of anilines is 2. The van der Waals surface area contributed by atoms with Gasteiger partial charge in [-0.05, 0) is 30.3 Å². The molecule has 1 amide bonds. The summed E-state index contributed by atoms with van der Waals surface area (Å²) in [5.74, 6) is 0.0868. The first-order chi connectivity index (χ1) is 9.65. The van der Waals surface area contributed by atoms with E-state index in [-0.39, 0.29) is 5.91 Å². The van der Waals surface area contributed by atoms with Gasteiger partial charge in [-0.1, -0.05) is 22.0 Å². The summed E-state index contributed by atoms with van der Waals surface area (Å²) in [5.41, 5.74) is 2.86. The van der Waals surface area contributed by atoms with E-state index in [2.05, 4.69) is 20.9 Å². The first kappa shape index (κ1) is 13.1. The number of halogens is 1. The lowest BCUT2D eigenvalue weighted by molar-refractivity contribution is -0.117. The van der Waals surface area contributed by atoms with E-state index in [9.17, 15) is 4.79 Å². The van der Waals surface area contributed by atoms with Crippen LogP contribution in [0, 0.1) is 0 Å². The smallest absolute Gasteiger partial charge is 0.246 e. The molecule has 0 radical (unpaired) electrons. The number of carbonyl (C=O) groups is 1. The third-order valence-corrected chi connectivity index (χ3v) is 3.85. The van der Waals surface area contributed by atoms with Crippen LogP contribution in [0.15, 0.2) is 47.1 Å². The molecule has 5 heteroatoms. The molecule has 0 fully saturated rings. The zero-order chi connectivity index (χ0) is 14.1. The predicted octanol–water partition coefficient (Wildman–Crippen LogP) is 2.83. The molecule has 1 aromatic carbocycles. The average Bonchev–Trinajstić information content (AvgIpc) is 2.44. The molecule has 1 aliphatic heterocycles. The highest BCUT2D eigenvalue weighted by molar-refractivity contribution is 9.10. The van der Waals surface area contributed by atoms with Gasteiger partial charge in [-0.3, -0.25) is 9.78 Å². The number of amides is 1. The van der Waals surface area contributed by atoms with Crippen LogP contribution in [0.25, 0.3) is 0 Å². The zero-order valence-corrected chi connectivity index (χ0v) is 12.7. The lowest BCUT2D eigenvalue weighted by Crippen LogP contribution is -2.44. The van der Waals surface area contributed by atoms with Gasteiger partial charge in [0.25, 0.3) is 0 Å². The van der Waals surface area contributed by atoms with Gasteiger partial charge in [0.1, 0.15) is 0 Å². The van der Waals surface area contributed by atoms with Crippen molar-refractivity contribution in [2.45, 2.75) is 6.54 Å². The Bertz CT molecular complexity index is 645. The number of fused-ring (bicyclic) bond motifs is 1. The zero-order valence-electron chi connectivity index (χ0n) is 11.1. The molecular formula is C15H14BrN3O. The summed E-state index contributed by atoms with van der Waals surface area (Å²) < 4.78 is 0.963. The van der Waals surface area contributed by atoms with Crippen LogP contribution in [0.1, 0.15) is 5.69 Å². The molecular weight excluding hydrogens is 318 g/mol. The Kier molecular flexibility index (Phi) is 3.44. The third kappa shape index (κ3) is 2.41. The van der Waals surface area contributed by atoms with Crippen molar-refractivity contribution < 1.29 is 4.79 Å². The molecule has 1 aromatic heterocycles. The topological polar surface area (TPSA) is 36.4 Å². The van der Waals surface area contributed by atoms with Crippen molar-refractivity contribution in [3.63, 3.8) is 0 Å². The Hall–Kier alpha value is -1.88. The normalized spacial score (nSPS) is 14.4. The minimum Gasteiger partial charge on any atom is -0.364 e. The lowest BCUT2D eigenvalue weighted by atomic mass is 10.1. The Morgan fingerprint density at radius 3 is 2.85 bits per heavy atom. The standard InChI is InChI=1S/C15H14BrN3O/c1-18-10-15(20)19(9-12-4-2-3-7-17-12)14-8-11(16)5-6-13(14)18/h2-8H,9-10H2,1H3. The Balaban J connectivity index is 2.00. The number of hydrogen-bond acceptors (Lipinski definition) is 3. The van der Waals surface area contributed by atoms with Crippen molar-refractivity contribution >= 4 is 33.2 Å². The highest BCUT2D eigenvalue weighted by Gasteiger charge is 2.27. The summed E-state index contributed by atoms with van der Waals surface area (Å²) in [4.78, 5) is 20.4. The maximum Gasteiger partial charge on any atom is 0.246 e. The number of carbonyl (C=O) groups excluding carboxylic acids is 1. The molecule has 4 nitrogen and oxygen atoms in total. The van der Waals surface area contributed by atoms with Gasteiger partial charge in [0.15, 0.2) is 0 Å². The lowest BCUT2D eigenvalue weighted by Gasteiger charge is -2.35. The fourth-order valence-corrected chi connectivity index (χ4v) is 2.72. The van der Waals surface area contributed by atoms with E-state index in [0.717, 1.165) is 21.5 Å². The number of likely N-dealkylation sites (N-methyl/N-ethyl adjacent to an activating group) is 1. The van der Waals surface area contributed by atoms with E-state index >= 15 is 0 Å². The Morgan fingerprint density at radius 2 is 2.10 bits per heavy atom. The molecule has 0 N–H and O–H groups in total. The molecule has 102 valence electrons. The van der Waals surface area contributed by atoms with Gasteiger partial charge in [0, 0.05) is 17.7 Å². The Labute approximate surface area is 126 Å². The molecule has 0 atom stereocenters. The summed E-state index contributed by atoms with van der Waals surface area (Å²) in [7, 11) is 1.93. The number of pyridine rings is 1. The maximum absolute atomic E-state index is 12.3. The third-order valence-electron chi connectivity index (χ3n) is 3.36. The van der Waals surface area contributed by atoms with Crippen LogP contribution in [0.5, 0.6) is 0 Å². The highest BCUT2D eigenvalue weighted by atomic mass is 79.9. The number of rotatable bonds is 2. The van der Waals surface area contributed by atoms with Gasteiger partial charge in [-0.15, -0.1) is 0 Å². The van der Waals surface area contributed by atoms with Gasteiger partial charge >= 0.3 is 0 Å². The van der Waals surface area contributed by atoms with Crippen molar-refractivity contribution in [2.75, 3.05) is 23.4 Å². The fraction of sp³-hybridized carbons (Fsp3) is 0.200. The van der Waals surface area contributed by atoms with Gasteiger partial charge in [0.2, 0.25) is 5.91 Å². The largest absolute Gasteiger partial charge is 0.364 e. The molecule has 20 heavy (non-hydrogen) atoms. The van der Waals surface area contributed by atoms with Crippen LogP contribution in [-0.2, 0) is 11.3 Å². The monoisotopic (exact) mass is 331 g/mol.